The van der Waals surface area contributed by atoms with Crippen molar-refractivity contribution in [3.05, 3.63) is 65.7 Å². The number of hydrogen-bond acceptors (Lipinski definition) is 5. The Labute approximate surface area is 210 Å². The number of anilines is 1. The molecule has 1 heterocycles. The number of benzene rings is 2. The molecule has 1 atom stereocenters. The molecular weight excluding hydrogens is 494 g/mol. The first-order valence-corrected chi connectivity index (χ1v) is 11.6. The van der Waals surface area contributed by atoms with Crippen molar-refractivity contribution in [2.45, 2.75) is 50.9 Å². The molecule has 1 saturated carbocycles. The summed E-state index contributed by atoms with van der Waals surface area (Å²) in [6.07, 6.45) is -0.00398. The fourth-order valence-electron chi connectivity index (χ4n) is 4.13. The van der Waals surface area contributed by atoms with Crippen LogP contribution in [0.1, 0.15) is 55.1 Å². The van der Waals surface area contributed by atoms with Crippen molar-refractivity contribution in [1.29, 1.82) is 0 Å². The van der Waals surface area contributed by atoms with Gasteiger partial charge in [0.05, 0.1) is 24.3 Å². The average molecular weight is 519 g/mol. The number of alkyl halides is 3. The number of nitrogens with zero attached hydrogens (tertiary/aromatic N) is 2. The molecule has 7 nitrogen and oxygen atoms in total. The van der Waals surface area contributed by atoms with Gasteiger partial charge in [0, 0.05) is 35.1 Å². The van der Waals surface area contributed by atoms with E-state index in [1.165, 1.54) is 13.2 Å². The Morgan fingerprint density at radius 1 is 1.19 bits per heavy atom. The second-order valence-corrected chi connectivity index (χ2v) is 8.94. The summed E-state index contributed by atoms with van der Waals surface area (Å²) < 4.78 is 62.5. The van der Waals surface area contributed by atoms with Gasteiger partial charge in [-0.25, -0.2) is 9.18 Å². The van der Waals surface area contributed by atoms with Crippen molar-refractivity contribution >= 4 is 17.6 Å². The normalized spacial score (nSPS) is 15.1. The van der Waals surface area contributed by atoms with Crippen molar-refractivity contribution in [2.24, 2.45) is 0 Å². The number of amides is 1. The van der Waals surface area contributed by atoms with Gasteiger partial charge in [0.1, 0.15) is 11.6 Å². The molecule has 0 aliphatic heterocycles. The molecule has 2 aromatic carbocycles. The topological polar surface area (TPSA) is 82.5 Å². The van der Waals surface area contributed by atoms with Gasteiger partial charge in [0.25, 0.3) is 0 Å². The lowest BCUT2D eigenvalue weighted by atomic mass is 9.94. The van der Waals surface area contributed by atoms with E-state index in [1.807, 2.05) is 20.0 Å². The third kappa shape index (κ3) is 5.45. The predicted molar refractivity (Wildman–Crippen MR) is 127 cm³/mol. The van der Waals surface area contributed by atoms with Crippen LogP contribution >= 0.6 is 0 Å². The van der Waals surface area contributed by atoms with Crippen LogP contribution in [0.4, 0.5) is 23.2 Å². The molecular formula is C26H25F4N3O4. The molecule has 1 fully saturated rings. The molecule has 0 saturated heterocycles. The molecule has 0 spiro atoms. The number of rotatable bonds is 8. The number of nitrogens with one attached hydrogen (secondary N) is 1. The van der Waals surface area contributed by atoms with E-state index in [4.69, 9.17) is 4.74 Å². The van der Waals surface area contributed by atoms with Gasteiger partial charge in [-0.15, -0.1) is 13.2 Å². The van der Waals surface area contributed by atoms with Gasteiger partial charge in [0.2, 0.25) is 5.91 Å². The van der Waals surface area contributed by atoms with Gasteiger partial charge in [-0.2, -0.15) is 5.10 Å². The summed E-state index contributed by atoms with van der Waals surface area (Å²) in [6, 6.07) is 7.60. The lowest BCUT2D eigenvalue weighted by Gasteiger charge is -2.18. The van der Waals surface area contributed by atoms with Crippen molar-refractivity contribution in [3.8, 4) is 16.9 Å². The maximum atomic E-state index is 14.7. The molecule has 1 N–H and O–H groups in total. The highest BCUT2D eigenvalue weighted by Gasteiger charge is 2.53. The fraction of sp³-hybridized carbons (Fsp3) is 0.346. The van der Waals surface area contributed by atoms with Crippen LogP contribution in [0, 0.1) is 5.82 Å². The molecule has 1 aliphatic carbocycles. The first kappa shape index (κ1) is 26.2. The zero-order valence-electron chi connectivity index (χ0n) is 20.4. The number of ether oxygens (including phenoxy) is 2. The van der Waals surface area contributed by atoms with Crippen LogP contribution in [-0.2, 0) is 14.9 Å². The SMILES string of the molecule is CC[C@@H](C)n1cc(-c2ccc(NC(=O)C3(c4ccc(OC(F)(F)F)cc4F)CC3)cc2C(=O)OC)cn1. The summed E-state index contributed by atoms with van der Waals surface area (Å²) in [7, 11) is 1.24. The highest BCUT2D eigenvalue weighted by molar-refractivity contribution is 6.04. The first-order chi connectivity index (χ1) is 17.5. The Balaban J connectivity index is 1.59. The highest BCUT2D eigenvalue weighted by atomic mass is 19.4. The van der Waals surface area contributed by atoms with E-state index in [9.17, 15) is 27.2 Å². The zero-order valence-corrected chi connectivity index (χ0v) is 20.4. The summed E-state index contributed by atoms with van der Waals surface area (Å²) in [6.45, 7) is 4.05. The van der Waals surface area contributed by atoms with Crippen LogP contribution in [0.5, 0.6) is 5.75 Å². The second-order valence-electron chi connectivity index (χ2n) is 8.94. The Kier molecular flexibility index (Phi) is 6.98. The number of aromatic nitrogens is 2. The lowest BCUT2D eigenvalue weighted by molar-refractivity contribution is -0.274. The largest absolute Gasteiger partial charge is 0.573 e. The monoisotopic (exact) mass is 519 g/mol. The van der Waals surface area contributed by atoms with Gasteiger partial charge >= 0.3 is 12.3 Å². The molecule has 4 rings (SSSR count). The number of carbonyl (C=O) groups is 2. The summed E-state index contributed by atoms with van der Waals surface area (Å²) in [5.41, 5.74) is 0.484. The minimum absolute atomic E-state index is 0.0261. The second kappa shape index (κ2) is 9.87. The van der Waals surface area contributed by atoms with E-state index < -0.39 is 35.2 Å². The highest BCUT2D eigenvalue weighted by Crippen LogP contribution is 2.50. The Morgan fingerprint density at radius 3 is 2.51 bits per heavy atom. The van der Waals surface area contributed by atoms with Crippen molar-refractivity contribution in [3.63, 3.8) is 0 Å². The van der Waals surface area contributed by atoms with Crippen molar-refractivity contribution < 1.29 is 36.6 Å². The quantitative estimate of drug-likeness (QED) is 0.291. The number of methoxy groups -OCH3 is 1. The first-order valence-electron chi connectivity index (χ1n) is 11.6. The van der Waals surface area contributed by atoms with Crippen LogP contribution in [0.3, 0.4) is 0 Å². The minimum Gasteiger partial charge on any atom is -0.465 e. The maximum Gasteiger partial charge on any atom is 0.573 e. The number of halogens is 4. The summed E-state index contributed by atoms with van der Waals surface area (Å²) in [5.74, 6) is -2.84. The molecule has 37 heavy (non-hydrogen) atoms. The third-order valence-corrected chi connectivity index (χ3v) is 6.51. The Bertz CT molecular complexity index is 1330. The molecule has 1 amide bonds. The minimum atomic E-state index is -4.96. The fourth-order valence-corrected chi connectivity index (χ4v) is 4.13. The third-order valence-electron chi connectivity index (χ3n) is 6.51. The van der Waals surface area contributed by atoms with Gasteiger partial charge in [-0.1, -0.05) is 19.1 Å². The van der Waals surface area contributed by atoms with E-state index in [0.29, 0.717) is 30.0 Å². The van der Waals surface area contributed by atoms with E-state index in [-0.39, 0.29) is 22.9 Å². The summed E-state index contributed by atoms with van der Waals surface area (Å²) in [5, 5.41) is 7.06. The maximum absolute atomic E-state index is 14.7. The number of carbonyl (C=O) groups excluding carboxylic acids is 2. The van der Waals surface area contributed by atoms with Crippen LogP contribution < -0.4 is 10.1 Å². The van der Waals surface area contributed by atoms with E-state index in [1.54, 1.807) is 23.0 Å². The van der Waals surface area contributed by atoms with Crippen LogP contribution in [0.25, 0.3) is 11.1 Å². The summed E-state index contributed by atoms with van der Waals surface area (Å²) >= 11 is 0. The number of hydrogen-bond donors (Lipinski definition) is 1. The van der Waals surface area contributed by atoms with Crippen LogP contribution in [0.15, 0.2) is 48.8 Å². The molecule has 0 radical (unpaired) electrons. The molecule has 1 aliphatic rings. The van der Waals surface area contributed by atoms with Gasteiger partial charge in [-0.05, 0) is 49.9 Å². The van der Waals surface area contributed by atoms with Gasteiger partial charge < -0.3 is 14.8 Å². The van der Waals surface area contributed by atoms with Gasteiger partial charge in [0.15, 0.2) is 0 Å². The Morgan fingerprint density at radius 2 is 1.92 bits per heavy atom. The molecule has 0 bridgehead atoms. The Hall–Kier alpha value is -3.89. The van der Waals surface area contributed by atoms with E-state index in [0.717, 1.165) is 18.6 Å². The van der Waals surface area contributed by atoms with Crippen molar-refractivity contribution in [2.75, 3.05) is 12.4 Å². The van der Waals surface area contributed by atoms with Gasteiger partial charge in [-0.3, -0.25) is 9.48 Å². The number of esters is 1. The predicted octanol–water partition coefficient (Wildman–Crippen LogP) is 6.02. The standard InChI is InChI=1S/C26H25F4N3O4/c1-4-15(2)33-14-16(13-31-33)19-7-5-17(11-20(19)23(34)36-3)32-24(35)25(9-10-25)21-8-6-18(12-22(21)27)37-26(28,29)30/h5-8,11-15H,4,9-10H2,1-3H3,(H,32,35)/t15-/m1/s1. The molecule has 196 valence electrons. The van der Waals surface area contributed by atoms with E-state index >= 15 is 0 Å². The molecule has 3 aromatic rings. The average Bonchev–Trinajstić information content (AvgIpc) is 3.51. The van der Waals surface area contributed by atoms with E-state index in [2.05, 4.69) is 15.2 Å². The molecule has 11 heteroatoms. The summed E-state index contributed by atoms with van der Waals surface area (Å²) in [4.78, 5) is 25.7. The van der Waals surface area contributed by atoms with Crippen LogP contribution in [-0.4, -0.2) is 35.1 Å². The molecule has 1 aromatic heterocycles. The van der Waals surface area contributed by atoms with Crippen LogP contribution in [0.2, 0.25) is 0 Å². The smallest absolute Gasteiger partial charge is 0.465 e. The zero-order chi connectivity index (χ0) is 27.0. The molecule has 0 unspecified atom stereocenters. The van der Waals surface area contributed by atoms with Crippen molar-refractivity contribution in [1.82, 2.24) is 9.78 Å². The lowest BCUT2D eigenvalue weighted by Crippen LogP contribution is -2.29.